The number of anilines is 1. The second kappa shape index (κ2) is 14.3. The maximum Gasteiger partial charge on any atom is 0.149 e. The van der Waals surface area contributed by atoms with Gasteiger partial charge >= 0.3 is 0 Å². The van der Waals surface area contributed by atoms with Gasteiger partial charge in [-0.15, -0.1) is 0 Å². The Morgan fingerprint density at radius 3 is 1.95 bits per heavy atom. The third-order valence-corrected chi connectivity index (χ3v) is 13.0. The second-order valence-corrected chi connectivity index (χ2v) is 20.7. The molecule has 0 unspecified atom stereocenters. The molecule has 5 heteroatoms. The summed E-state index contributed by atoms with van der Waals surface area (Å²) in [7, 11) is 0. The summed E-state index contributed by atoms with van der Waals surface area (Å²) in [6.07, 6.45) is 0.955. The van der Waals surface area contributed by atoms with Crippen LogP contribution in [-0.2, 0) is 22.7 Å². The van der Waals surface area contributed by atoms with E-state index in [2.05, 4.69) is 208 Å². The van der Waals surface area contributed by atoms with Crippen molar-refractivity contribution in [1.29, 1.82) is 0 Å². The van der Waals surface area contributed by atoms with Gasteiger partial charge in [-0.2, -0.15) is 0 Å². The molecule has 0 amide bonds. The summed E-state index contributed by atoms with van der Waals surface area (Å²) in [5.41, 5.74) is 17.5. The monoisotopic (exact) mass is 804 g/mol. The van der Waals surface area contributed by atoms with Crippen LogP contribution in [0.15, 0.2) is 120 Å². The van der Waals surface area contributed by atoms with Crippen molar-refractivity contribution >= 4 is 22.6 Å². The zero-order chi connectivity index (χ0) is 43.3. The first kappa shape index (κ1) is 40.5. The van der Waals surface area contributed by atoms with E-state index in [4.69, 9.17) is 9.98 Å². The Morgan fingerprint density at radius 2 is 1.28 bits per heavy atom. The normalized spacial score (nSPS) is 16.6. The second-order valence-electron chi connectivity index (χ2n) is 20.7. The van der Waals surface area contributed by atoms with Crippen molar-refractivity contribution in [2.24, 2.45) is 4.99 Å². The summed E-state index contributed by atoms with van der Waals surface area (Å²) in [4.78, 5) is 13.7. The molecule has 2 heterocycles. The quantitative estimate of drug-likeness (QED) is 0.189. The maximum absolute atomic E-state index is 12.3. The molecular formula is C56H60N4O. The topological polar surface area (TPSA) is 53.6 Å². The first-order chi connectivity index (χ1) is 28.8. The Hall–Kier alpha value is -5.94. The van der Waals surface area contributed by atoms with Crippen LogP contribution in [0.3, 0.4) is 0 Å². The van der Waals surface area contributed by atoms with Gasteiger partial charge in [0.15, 0.2) is 0 Å². The Morgan fingerprint density at radius 1 is 0.623 bits per heavy atom. The number of aromatic hydroxyl groups is 1. The summed E-state index contributed by atoms with van der Waals surface area (Å²) in [6.45, 7) is 26.6. The van der Waals surface area contributed by atoms with Crippen molar-refractivity contribution in [2.45, 2.75) is 118 Å². The number of aromatic nitrogens is 2. The number of benzene rings is 6. The highest BCUT2D eigenvalue weighted by Gasteiger charge is 2.44. The predicted molar refractivity (Wildman–Crippen MR) is 256 cm³/mol. The summed E-state index contributed by atoms with van der Waals surface area (Å²) < 4.78 is 2.24. The van der Waals surface area contributed by atoms with Crippen molar-refractivity contribution in [3.8, 4) is 34.0 Å². The molecule has 0 saturated heterocycles. The number of rotatable bonds is 5. The van der Waals surface area contributed by atoms with Crippen LogP contribution in [0.1, 0.15) is 118 Å². The van der Waals surface area contributed by atoms with E-state index in [1.807, 2.05) is 0 Å². The number of imidazole rings is 1. The smallest absolute Gasteiger partial charge is 0.149 e. The van der Waals surface area contributed by atoms with Gasteiger partial charge in [0.05, 0.1) is 28.7 Å². The average Bonchev–Trinajstić information content (AvgIpc) is 3.87. The van der Waals surface area contributed by atoms with E-state index >= 15 is 0 Å². The van der Waals surface area contributed by atoms with Gasteiger partial charge in [-0.05, 0) is 113 Å². The van der Waals surface area contributed by atoms with Crippen molar-refractivity contribution in [3.63, 3.8) is 0 Å². The molecule has 1 N–H and O–H groups in total. The number of hydrogen-bond donors (Lipinski definition) is 1. The Bertz CT molecular complexity index is 2870. The molecule has 1 aliphatic carbocycles. The standard InChI is InChI=1S/C56H60N4O/c1-33-27-34(2)50(35(3)28-33)60-47-30-37-17-13-14-20-42(37)49(47)57-52(60)38-19-15-18-36(29-38)43-21-16-22-46-48(43)58-53(59(46)41-25-23-39(24-26-41)54(4,5)6)44-31-40(55(7,8)9)32-45(51(44)61)56(10,11)12/h13-29,31-32,47,49,61H,30H2,1-12H3/t47-,49+/m1/s1. The van der Waals surface area contributed by atoms with Crippen molar-refractivity contribution in [1.82, 2.24) is 9.55 Å². The van der Waals surface area contributed by atoms with Crippen LogP contribution < -0.4 is 4.90 Å². The first-order valence-corrected chi connectivity index (χ1v) is 21.9. The van der Waals surface area contributed by atoms with Crippen LogP contribution in [0, 0.1) is 20.8 Å². The van der Waals surface area contributed by atoms with Gasteiger partial charge in [0, 0.05) is 28.1 Å². The molecule has 6 aromatic carbocycles. The summed E-state index contributed by atoms with van der Waals surface area (Å²) in [5.74, 6) is 2.01. The Labute approximate surface area is 362 Å². The highest BCUT2D eigenvalue weighted by molar-refractivity contribution is 6.13. The molecule has 0 bridgehead atoms. The largest absolute Gasteiger partial charge is 0.507 e. The van der Waals surface area contributed by atoms with Gasteiger partial charge in [0.25, 0.3) is 0 Å². The van der Waals surface area contributed by atoms with Crippen LogP contribution in [0.2, 0.25) is 0 Å². The van der Waals surface area contributed by atoms with E-state index in [-0.39, 0.29) is 34.1 Å². The molecule has 310 valence electrons. The van der Waals surface area contributed by atoms with Crippen LogP contribution in [-0.4, -0.2) is 26.5 Å². The minimum Gasteiger partial charge on any atom is -0.507 e. The van der Waals surface area contributed by atoms with E-state index in [1.54, 1.807) is 0 Å². The fourth-order valence-electron chi connectivity index (χ4n) is 9.85. The predicted octanol–water partition coefficient (Wildman–Crippen LogP) is 13.8. The lowest BCUT2D eigenvalue weighted by atomic mass is 9.79. The molecule has 7 aromatic rings. The molecule has 0 radical (unpaired) electrons. The minimum absolute atomic E-state index is 0.00947. The molecular weight excluding hydrogens is 745 g/mol. The van der Waals surface area contributed by atoms with Crippen molar-refractivity contribution < 1.29 is 5.11 Å². The summed E-state index contributed by atoms with van der Waals surface area (Å²) in [6, 6.07) is 42.3. The van der Waals surface area contributed by atoms with Gasteiger partial charge in [-0.3, -0.25) is 9.56 Å². The molecule has 2 aliphatic rings. The van der Waals surface area contributed by atoms with Crippen molar-refractivity contribution in [2.75, 3.05) is 4.90 Å². The number of nitrogens with zero attached hydrogens (tertiary/aromatic N) is 4. The lowest BCUT2D eigenvalue weighted by Crippen LogP contribution is -2.38. The number of aryl methyl sites for hydroxylation is 3. The van der Waals surface area contributed by atoms with Crippen LogP contribution in [0.5, 0.6) is 5.75 Å². The van der Waals surface area contributed by atoms with E-state index < -0.39 is 0 Å². The van der Waals surface area contributed by atoms with E-state index in [9.17, 15) is 5.11 Å². The lowest BCUT2D eigenvalue weighted by Gasteiger charge is -2.31. The lowest BCUT2D eigenvalue weighted by molar-refractivity contribution is 0.446. The Kier molecular flexibility index (Phi) is 9.51. The fourth-order valence-corrected chi connectivity index (χ4v) is 9.85. The molecule has 1 aliphatic heterocycles. The minimum atomic E-state index is -0.288. The average molecular weight is 805 g/mol. The Balaban J connectivity index is 1.26. The fraction of sp³-hybridized carbons (Fsp3) is 0.321. The summed E-state index contributed by atoms with van der Waals surface area (Å²) in [5, 5.41) is 12.3. The number of phenolic OH excluding ortho intramolecular Hbond substituents is 1. The van der Waals surface area contributed by atoms with Gasteiger partial charge in [-0.25, -0.2) is 4.98 Å². The van der Waals surface area contributed by atoms with Crippen LogP contribution in [0.25, 0.3) is 39.2 Å². The number of para-hydroxylation sites is 1. The zero-order valence-corrected chi connectivity index (χ0v) is 38.1. The number of amidine groups is 1. The van der Waals surface area contributed by atoms with E-state index in [1.165, 1.54) is 39.1 Å². The molecule has 61 heavy (non-hydrogen) atoms. The van der Waals surface area contributed by atoms with Gasteiger partial charge < -0.3 is 10.0 Å². The van der Waals surface area contributed by atoms with E-state index in [0.717, 1.165) is 68.2 Å². The SMILES string of the molecule is Cc1cc(C)c(N2C(c3cccc(-c4cccc5c4nc(-c4cc(C(C)(C)C)cc(C(C)(C)C)c4O)n5-c4ccc(C(C)(C)C)cc4)c3)=N[C@H]3c4ccccc4C[C@H]32)c(C)c1. The molecule has 0 spiro atoms. The summed E-state index contributed by atoms with van der Waals surface area (Å²) >= 11 is 0. The van der Waals surface area contributed by atoms with Gasteiger partial charge in [0.2, 0.25) is 0 Å². The van der Waals surface area contributed by atoms with E-state index in [0.29, 0.717) is 0 Å². The highest BCUT2D eigenvalue weighted by Crippen LogP contribution is 2.48. The molecule has 1 aromatic heterocycles. The van der Waals surface area contributed by atoms with Crippen molar-refractivity contribution in [3.05, 3.63) is 165 Å². The van der Waals surface area contributed by atoms with Gasteiger partial charge in [-0.1, -0.05) is 153 Å². The molecule has 2 atom stereocenters. The third kappa shape index (κ3) is 6.96. The third-order valence-electron chi connectivity index (χ3n) is 13.0. The van der Waals surface area contributed by atoms with Gasteiger partial charge in [0.1, 0.15) is 17.4 Å². The number of aliphatic imine (C=N–C) groups is 1. The zero-order valence-electron chi connectivity index (χ0n) is 38.1. The molecule has 5 nitrogen and oxygen atoms in total. The number of phenols is 1. The maximum atomic E-state index is 12.3. The molecule has 0 saturated carbocycles. The van der Waals surface area contributed by atoms with Crippen LogP contribution >= 0.6 is 0 Å². The first-order valence-electron chi connectivity index (χ1n) is 21.9. The highest BCUT2D eigenvalue weighted by atomic mass is 16.3. The van der Waals surface area contributed by atoms with Crippen LogP contribution in [0.4, 0.5) is 5.69 Å². The molecule has 0 fully saturated rings. The number of hydrogen-bond acceptors (Lipinski definition) is 4. The number of fused-ring (bicyclic) bond motifs is 4. The molecule has 9 rings (SSSR count).